The first-order valence-electron chi connectivity index (χ1n) is 10.2. The Balaban J connectivity index is 1.34. The van der Waals surface area contributed by atoms with E-state index in [1.807, 2.05) is 13.8 Å². The maximum atomic E-state index is 12.6. The molecule has 0 aromatic heterocycles. The second kappa shape index (κ2) is 5.72. The van der Waals surface area contributed by atoms with Gasteiger partial charge in [-0.3, -0.25) is 4.79 Å². The Morgan fingerprint density at radius 2 is 1.71 bits per heavy atom. The minimum atomic E-state index is -0.665. The Hall–Kier alpha value is -0.570. The fourth-order valence-corrected chi connectivity index (χ4v) is 7.28. The summed E-state index contributed by atoms with van der Waals surface area (Å²) in [5, 5.41) is 9.75. The molecule has 4 aliphatic rings. The number of esters is 1. The van der Waals surface area contributed by atoms with E-state index in [4.69, 9.17) is 4.74 Å². The summed E-state index contributed by atoms with van der Waals surface area (Å²) in [5.41, 5.74) is -0.665. The Labute approximate surface area is 146 Å². The van der Waals surface area contributed by atoms with Crippen LogP contribution < -0.4 is 0 Å². The molecule has 0 aliphatic heterocycles. The average Bonchev–Trinajstić information content (AvgIpc) is 3.22. The monoisotopic (exact) mass is 334 g/mol. The lowest BCUT2D eigenvalue weighted by Gasteiger charge is -2.43. The van der Waals surface area contributed by atoms with Crippen molar-refractivity contribution in [2.45, 2.75) is 65.4 Å². The van der Waals surface area contributed by atoms with E-state index in [2.05, 4.69) is 13.8 Å². The topological polar surface area (TPSA) is 46.5 Å². The van der Waals surface area contributed by atoms with E-state index in [-0.39, 0.29) is 11.9 Å². The van der Waals surface area contributed by atoms with Crippen molar-refractivity contribution in [3.63, 3.8) is 0 Å². The molecule has 9 atom stereocenters. The summed E-state index contributed by atoms with van der Waals surface area (Å²) in [7, 11) is 0. The van der Waals surface area contributed by atoms with Crippen LogP contribution in [-0.4, -0.2) is 23.3 Å². The molecule has 0 heterocycles. The summed E-state index contributed by atoms with van der Waals surface area (Å²) >= 11 is 0. The summed E-state index contributed by atoms with van der Waals surface area (Å²) in [5.74, 6) is 6.90. The van der Waals surface area contributed by atoms with Crippen LogP contribution in [0.3, 0.4) is 0 Å². The van der Waals surface area contributed by atoms with Gasteiger partial charge in [0.05, 0.1) is 18.1 Å². The molecule has 0 aromatic rings. The van der Waals surface area contributed by atoms with Gasteiger partial charge in [0.15, 0.2) is 0 Å². The molecule has 9 unspecified atom stereocenters. The maximum Gasteiger partial charge on any atom is 0.309 e. The van der Waals surface area contributed by atoms with Gasteiger partial charge in [-0.15, -0.1) is 0 Å². The molecule has 136 valence electrons. The molecular formula is C21H34O3. The average molecular weight is 334 g/mol. The van der Waals surface area contributed by atoms with Crippen LogP contribution in [0.5, 0.6) is 0 Å². The Morgan fingerprint density at radius 1 is 1.04 bits per heavy atom. The third-order valence-electron chi connectivity index (χ3n) is 8.32. The van der Waals surface area contributed by atoms with Crippen molar-refractivity contribution in [1.82, 2.24) is 0 Å². The largest absolute Gasteiger partial charge is 0.465 e. The Bertz CT molecular complexity index is 508. The minimum absolute atomic E-state index is 0.0557. The molecule has 0 spiro atoms. The van der Waals surface area contributed by atoms with Gasteiger partial charge in [0, 0.05) is 0 Å². The number of carbonyl (C=O) groups excluding carboxylic acids is 1. The summed E-state index contributed by atoms with van der Waals surface area (Å²) in [6.45, 7) is 8.99. The molecule has 0 saturated heterocycles. The van der Waals surface area contributed by atoms with Gasteiger partial charge in [-0.25, -0.2) is 0 Å². The first kappa shape index (κ1) is 16.9. The summed E-state index contributed by atoms with van der Waals surface area (Å²) in [6.07, 6.45) is 5.23. The van der Waals surface area contributed by atoms with E-state index in [9.17, 15) is 9.90 Å². The molecular weight excluding hydrogens is 300 g/mol. The molecule has 24 heavy (non-hydrogen) atoms. The minimum Gasteiger partial charge on any atom is -0.465 e. The smallest absolute Gasteiger partial charge is 0.309 e. The predicted octanol–water partition coefficient (Wildman–Crippen LogP) is 3.89. The van der Waals surface area contributed by atoms with Crippen molar-refractivity contribution in [2.24, 2.45) is 53.3 Å². The molecule has 4 saturated carbocycles. The molecule has 4 bridgehead atoms. The lowest BCUT2D eigenvalue weighted by Crippen LogP contribution is -2.41. The van der Waals surface area contributed by atoms with Gasteiger partial charge in [0.25, 0.3) is 0 Å². The van der Waals surface area contributed by atoms with E-state index in [0.29, 0.717) is 18.9 Å². The molecule has 3 heteroatoms. The summed E-state index contributed by atoms with van der Waals surface area (Å²) in [6, 6.07) is 0. The van der Waals surface area contributed by atoms with Crippen molar-refractivity contribution in [2.75, 3.05) is 6.61 Å². The highest BCUT2D eigenvalue weighted by molar-refractivity contribution is 5.73. The van der Waals surface area contributed by atoms with Gasteiger partial charge in [-0.05, 0) is 93.3 Å². The second-order valence-electron chi connectivity index (χ2n) is 10.0. The van der Waals surface area contributed by atoms with E-state index >= 15 is 0 Å². The van der Waals surface area contributed by atoms with Crippen LogP contribution in [0.4, 0.5) is 0 Å². The van der Waals surface area contributed by atoms with Crippen LogP contribution in [0.25, 0.3) is 0 Å². The fraction of sp³-hybridized carbons (Fsp3) is 0.952. The van der Waals surface area contributed by atoms with Crippen molar-refractivity contribution >= 4 is 5.97 Å². The van der Waals surface area contributed by atoms with Crippen LogP contribution in [0, 0.1) is 53.3 Å². The molecule has 0 amide bonds. The highest BCUT2D eigenvalue weighted by Gasteiger charge is 2.66. The summed E-state index contributed by atoms with van der Waals surface area (Å²) in [4.78, 5) is 12.6. The maximum absolute atomic E-state index is 12.6. The number of fused-ring (bicyclic) bond motifs is 9. The lowest BCUT2D eigenvalue weighted by atomic mass is 9.62. The summed E-state index contributed by atoms with van der Waals surface area (Å²) < 4.78 is 5.60. The first-order valence-corrected chi connectivity index (χ1v) is 10.2. The van der Waals surface area contributed by atoms with Crippen molar-refractivity contribution in [3.8, 4) is 0 Å². The first-order chi connectivity index (χ1) is 11.3. The van der Waals surface area contributed by atoms with E-state index in [1.54, 1.807) is 0 Å². The Morgan fingerprint density at radius 3 is 2.38 bits per heavy atom. The van der Waals surface area contributed by atoms with Gasteiger partial charge in [0.2, 0.25) is 0 Å². The normalized spacial score (nSPS) is 48.8. The molecule has 4 aliphatic carbocycles. The van der Waals surface area contributed by atoms with Crippen molar-refractivity contribution < 1.29 is 14.6 Å². The van der Waals surface area contributed by atoms with Crippen molar-refractivity contribution in [1.29, 1.82) is 0 Å². The van der Waals surface area contributed by atoms with Gasteiger partial charge in [0.1, 0.15) is 0 Å². The van der Waals surface area contributed by atoms with Crippen LogP contribution in [-0.2, 0) is 9.53 Å². The zero-order chi connectivity index (χ0) is 17.2. The van der Waals surface area contributed by atoms with Gasteiger partial charge in [-0.2, -0.15) is 0 Å². The van der Waals surface area contributed by atoms with Gasteiger partial charge < -0.3 is 9.84 Å². The van der Waals surface area contributed by atoms with E-state index in [0.717, 1.165) is 54.3 Å². The number of hydrogen-bond donors (Lipinski definition) is 1. The van der Waals surface area contributed by atoms with Crippen molar-refractivity contribution in [3.05, 3.63) is 0 Å². The number of aliphatic hydroxyl groups is 1. The predicted molar refractivity (Wildman–Crippen MR) is 93.1 cm³/mol. The molecule has 0 aromatic carbocycles. The molecule has 4 rings (SSSR count). The number of ether oxygens (including phenoxy) is 1. The standard InChI is InChI=1S/C21H34O3/c1-11-12(2)15-10-14(11)18-13-8-16(19(15)18)17(9-13)20(22)24-7-5-6-21(3,4)23/h11-19,23H,5-10H2,1-4H3. The highest BCUT2D eigenvalue weighted by Crippen LogP contribution is 2.71. The van der Waals surface area contributed by atoms with Gasteiger partial charge >= 0.3 is 5.97 Å². The quantitative estimate of drug-likeness (QED) is 0.471. The van der Waals surface area contributed by atoms with E-state index < -0.39 is 5.60 Å². The number of hydrogen-bond acceptors (Lipinski definition) is 3. The zero-order valence-electron chi connectivity index (χ0n) is 15.7. The molecule has 4 fully saturated rings. The SMILES string of the molecule is CC1C(C)C2CC1C1C3CC(C(=O)OCCCC(C)(C)O)C(C3)C21. The van der Waals surface area contributed by atoms with Crippen LogP contribution in [0.2, 0.25) is 0 Å². The fourth-order valence-electron chi connectivity index (χ4n) is 7.28. The van der Waals surface area contributed by atoms with Crippen LogP contribution in [0.15, 0.2) is 0 Å². The third kappa shape index (κ3) is 2.53. The highest BCUT2D eigenvalue weighted by atomic mass is 16.5. The molecule has 3 nitrogen and oxygen atoms in total. The number of rotatable bonds is 5. The van der Waals surface area contributed by atoms with Crippen LogP contribution >= 0.6 is 0 Å². The van der Waals surface area contributed by atoms with E-state index in [1.165, 1.54) is 12.8 Å². The number of carbonyl (C=O) groups is 1. The lowest BCUT2D eigenvalue weighted by molar-refractivity contribution is -0.153. The third-order valence-corrected chi connectivity index (χ3v) is 8.32. The Kier molecular flexibility index (Phi) is 4.02. The zero-order valence-corrected chi connectivity index (χ0v) is 15.7. The second-order valence-corrected chi connectivity index (χ2v) is 10.0. The molecule has 1 N–H and O–H groups in total. The van der Waals surface area contributed by atoms with Gasteiger partial charge in [-0.1, -0.05) is 13.8 Å². The van der Waals surface area contributed by atoms with Crippen LogP contribution in [0.1, 0.15) is 59.8 Å². The molecule has 0 radical (unpaired) electrons.